The number of rotatable bonds is 2. The lowest BCUT2D eigenvalue weighted by molar-refractivity contribution is 1.34. The molecule has 19 heavy (non-hydrogen) atoms. The number of fused-ring (bicyclic) bond motifs is 1. The molecular formula is C15H13ClN2S. The minimum absolute atomic E-state index is 0.745. The average Bonchev–Trinajstić information content (AvgIpc) is 2.75. The van der Waals surface area contributed by atoms with Crippen LogP contribution in [0.4, 0.5) is 10.8 Å². The van der Waals surface area contributed by atoms with Gasteiger partial charge < -0.3 is 5.32 Å². The molecule has 3 rings (SSSR count). The number of hydrogen-bond donors (Lipinski definition) is 1. The van der Waals surface area contributed by atoms with E-state index < -0.39 is 0 Å². The first-order chi connectivity index (χ1) is 9.13. The molecule has 0 saturated carbocycles. The lowest BCUT2D eigenvalue weighted by Crippen LogP contribution is -1.94. The van der Waals surface area contributed by atoms with Crippen molar-refractivity contribution < 1.29 is 0 Å². The van der Waals surface area contributed by atoms with Gasteiger partial charge in [-0.3, -0.25) is 0 Å². The summed E-state index contributed by atoms with van der Waals surface area (Å²) in [6.07, 6.45) is 0. The van der Waals surface area contributed by atoms with Crippen LogP contribution in [0, 0.1) is 13.8 Å². The largest absolute Gasteiger partial charge is 0.331 e. The van der Waals surface area contributed by atoms with Gasteiger partial charge in [-0.05, 0) is 43.2 Å². The predicted molar refractivity (Wildman–Crippen MR) is 83.8 cm³/mol. The van der Waals surface area contributed by atoms with Crippen molar-refractivity contribution in [2.75, 3.05) is 5.32 Å². The van der Waals surface area contributed by atoms with Crippen LogP contribution in [0.1, 0.15) is 11.1 Å². The second kappa shape index (κ2) is 4.83. The van der Waals surface area contributed by atoms with Crippen LogP contribution >= 0.6 is 22.9 Å². The number of anilines is 2. The summed E-state index contributed by atoms with van der Waals surface area (Å²) in [4.78, 5) is 4.58. The zero-order valence-corrected chi connectivity index (χ0v) is 12.3. The van der Waals surface area contributed by atoms with Crippen molar-refractivity contribution in [1.29, 1.82) is 0 Å². The molecule has 0 aliphatic rings. The highest BCUT2D eigenvalue weighted by Crippen LogP contribution is 2.32. The van der Waals surface area contributed by atoms with E-state index in [2.05, 4.69) is 42.3 Å². The molecule has 0 saturated heterocycles. The maximum absolute atomic E-state index is 6.00. The summed E-state index contributed by atoms with van der Waals surface area (Å²) in [6.45, 7) is 4.19. The first-order valence-corrected chi connectivity index (χ1v) is 7.22. The van der Waals surface area contributed by atoms with Crippen LogP contribution in [0.15, 0.2) is 36.4 Å². The van der Waals surface area contributed by atoms with Gasteiger partial charge in [-0.25, -0.2) is 4.98 Å². The summed E-state index contributed by atoms with van der Waals surface area (Å²) in [6, 6.07) is 12.0. The Morgan fingerprint density at radius 3 is 2.58 bits per heavy atom. The molecule has 0 unspecified atom stereocenters. The Balaban J connectivity index is 2.01. The predicted octanol–water partition coefficient (Wildman–Crippen LogP) is 5.31. The molecule has 0 aliphatic carbocycles. The summed E-state index contributed by atoms with van der Waals surface area (Å²) in [5.41, 5.74) is 4.55. The van der Waals surface area contributed by atoms with Crippen molar-refractivity contribution in [2.45, 2.75) is 13.8 Å². The Hall–Kier alpha value is -1.58. The quantitative estimate of drug-likeness (QED) is 0.691. The molecule has 1 aromatic heterocycles. The van der Waals surface area contributed by atoms with Gasteiger partial charge in [-0.15, -0.1) is 0 Å². The maximum atomic E-state index is 6.00. The van der Waals surface area contributed by atoms with Gasteiger partial charge in [0.15, 0.2) is 5.13 Å². The highest BCUT2D eigenvalue weighted by atomic mass is 35.5. The molecule has 1 heterocycles. The van der Waals surface area contributed by atoms with Gasteiger partial charge in [0.1, 0.15) is 0 Å². The van der Waals surface area contributed by atoms with Gasteiger partial charge in [0, 0.05) is 10.7 Å². The van der Waals surface area contributed by atoms with Crippen LogP contribution < -0.4 is 5.32 Å². The van der Waals surface area contributed by atoms with Gasteiger partial charge in [-0.2, -0.15) is 0 Å². The molecule has 0 spiro atoms. The van der Waals surface area contributed by atoms with E-state index in [1.165, 1.54) is 11.1 Å². The lowest BCUT2D eigenvalue weighted by Gasteiger charge is -2.09. The summed E-state index contributed by atoms with van der Waals surface area (Å²) < 4.78 is 1.10. The lowest BCUT2D eigenvalue weighted by atomic mass is 10.1. The molecule has 0 aliphatic heterocycles. The Kier molecular flexibility index (Phi) is 3.17. The monoisotopic (exact) mass is 288 g/mol. The van der Waals surface area contributed by atoms with Crippen LogP contribution in [0.25, 0.3) is 10.2 Å². The first-order valence-electron chi connectivity index (χ1n) is 6.03. The number of nitrogens with one attached hydrogen (secondary N) is 1. The zero-order valence-electron chi connectivity index (χ0n) is 10.7. The van der Waals surface area contributed by atoms with Gasteiger partial charge >= 0.3 is 0 Å². The molecule has 0 amide bonds. The van der Waals surface area contributed by atoms with Crippen LogP contribution in [0.5, 0.6) is 0 Å². The number of para-hydroxylation sites is 1. The van der Waals surface area contributed by atoms with Crippen molar-refractivity contribution in [3.8, 4) is 0 Å². The van der Waals surface area contributed by atoms with Gasteiger partial charge in [-0.1, -0.05) is 41.1 Å². The van der Waals surface area contributed by atoms with Crippen molar-refractivity contribution in [2.24, 2.45) is 0 Å². The number of hydrogen-bond acceptors (Lipinski definition) is 3. The minimum Gasteiger partial charge on any atom is -0.331 e. The second-order valence-electron chi connectivity index (χ2n) is 4.52. The average molecular weight is 289 g/mol. The molecule has 0 radical (unpaired) electrons. The Bertz CT molecular complexity index is 729. The van der Waals surface area contributed by atoms with Crippen molar-refractivity contribution in [3.63, 3.8) is 0 Å². The first kappa shape index (κ1) is 12.5. The number of aromatic nitrogens is 1. The Morgan fingerprint density at radius 1 is 1.11 bits per heavy atom. The fourth-order valence-electron chi connectivity index (χ4n) is 2.07. The van der Waals surface area contributed by atoms with E-state index in [-0.39, 0.29) is 0 Å². The third-order valence-corrected chi connectivity index (χ3v) is 4.23. The third kappa shape index (κ3) is 2.44. The van der Waals surface area contributed by atoms with E-state index in [4.69, 9.17) is 11.6 Å². The van der Waals surface area contributed by atoms with Crippen molar-refractivity contribution in [1.82, 2.24) is 4.98 Å². The van der Waals surface area contributed by atoms with Crippen molar-refractivity contribution >= 4 is 44.0 Å². The van der Waals surface area contributed by atoms with Gasteiger partial charge in [0.05, 0.1) is 10.2 Å². The van der Waals surface area contributed by atoms with E-state index in [0.29, 0.717) is 0 Å². The van der Waals surface area contributed by atoms with Crippen LogP contribution in [0.2, 0.25) is 5.02 Å². The standard InChI is InChI=1S/C15H13ClN2S/c1-9-4-3-5-10(2)14(9)18-15-17-12-7-6-11(16)8-13(12)19-15/h3-8H,1-2H3,(H,17,18). The summed E-state index contributed by atoms with van der Waals surface area (Å²) in [7, 11) is 0. The number of benzene rings is 2. The molecule has 0 bridgehead atoms. The summed E-state index contributed by atoms with van der Waals surface area (Å²) >= 11 is 7.61. The van der Waals surface area contributed by atoms with E-state index >= 15 is 0 Å². The SMILES string of the molecule is Cc1cccc(C)c1Nc1nc2ccc(Cl)cc2s1. The highest BCUT2D eigenvalue weighted by molar-refractivity contribution is 7.22. The number of aryl methyl sites for hydroxylation is 2. The molecule has 0 atom stereocenters. The molecular weight excluding hydrogens is 276 g/mol. The second-order valence-corrected chi connectivity index (χ2v) is 5.99. The number of thiazole rings is 1. The van der Waals surface area contributed by atoms with E-state index in [1.54, 1.807) is 11.3 Å². The fraction of sp³-hybridized carbons (Fsp3) is 0.133. The molecule has 2 nitrogen and oxygen atoms in total. The molecule has 1 N–H and O–H groups in total. The van der Waals surface area contributed by atoms with E-state index in [0.717, 1.165) is 26.1 Å². The molecule has 96 valence electrons. The van der Waals surface area contributed by atoms with Crippen molar-refractivity contribution in [3.05, 3.63) is 52.5 Å². The topological polar surface area (TPSA) is 24.9 Å². The zero-order chi connectivity index (χ0) is 13.4. The number of halogens is 1. The van der Waals surface area contributed by atoms with Crippen LogP contribution in [0.3, 0.4) is 0 Å². The molecule has 0 fully saturated rings. The van der Waals surface area contributed by atoms with E-state index in [1.807, 2.05) is 18.2 Å². The van der Waals surface area contributed by atoms with Gasteiger partial charge in [0.25, 0.3) is 0 Å². The summed E-state index contributed by atoms with van der Waals surface area (Å²) in [5.74, 6) is 0. The molecule has 2 aromatic carbocycles. The van der Waals surface area contributed by atoms with Crippen LogP contribution in [-0.2, 0) is 0 Å². The van der Waals surface area contributed by atoms with Crippen LogP contribution in [-0.4, -0.2) is 4.98 Å². The fourth-order valence-corrected chi connectivity index (χ4v) is 3.22. The number of nitrogens with zero attached hydrogens (tertiary/aromatic N) is 1. The van der Waals surface area contributed by atoms with E-state index in [9.17, 15) is 0 Å². The Morgan fingerprint density at radius 2 is 1.84 bits per heavy atom. The Labute approximate surface area is 121 Å². The summed E-state index contributed by atoms with van der Waals surface area (Å²) in [5, 5.41) is 5.06. The molecule has 3 aromatic rings. The molecule has 4 heteroatoms. The third-order valence-electron chi connectivity index (χ3n) is 3.06. The van der Waals surface area contributed by atoms with Gasteiger partial charge in [0.2, 0.25) is 0 Å². The maximum Gasteiger partial charge on any atom is 0.188 e. The smallest absolute Gasteiger partial charge is 0.188 e. The minimum atomic E-state index is 0.745. The normalized spacial score (nSPS) is 10.9. The highest BCUT2D eigenvalue weighted by Gasteiger charge is 2.07.